The van der Waals surface area contributed by atoms with Gasteiger partial charge in [0.15, 0.2) is 0 Å². The predicted octanol–water partition coefficient (Wildman–Crippen LogP) is 1.78. The molecule has 1 aromatic rings. The summed E-state index contributed by atoms with van der Waals surface area (Å²) in [4.78, 5) is 3.89. The number of hydrogen-bond donors (Lipinski definition) is 0. The first-order valence-corrected chi connectivity index (χ1v) is 3.80. The minimum Gasteiger partial charge on any atom is -0.257 e. The normalized spacial score (nSPS) is 18.3. The summed E-state index contributed by atoms with van der Waals surface area (Å²) in [7, 11) is 0. The molecule has 2 rings (SSSR count). The molecule has 0 aliphatic heterocycles. The highest BCUT2D eigenvalue weighted by Crippen LogP contribution is 2.46. The highest BCUT2D eigenvalue weighted by atomic mass is 19.1. The van der Waals surface area contributed by atoms with Crippen molar-refractivity contribution in [3.63, 3.8) is 0 Å². The third-order valence-electron chi connectivity index (χ3n) is 2.18. The molecule has 0 atom stereocenters. The van der Waals surface area contributed by atoms with Gasteiger partial charge in [-0.3, -0.25) is 4.98 Å². The molecule has 0 amide bonds. The number of aromatic nitrogens is 1. The fourth-order valence-corrected chi connectivity index (χ4v) is 1.21. The van der Waals surface area contributed by atoms with Gasteiger partial charge in [0.1, 0.15) is 5.82 Å². The van der Waals surface area contributed by atoms with Crippen molar-refractivity contribution in [2.75, 3.05) is 0 Å². The van der Waals surface area contributed by atoms with Crippen molar-refractivity contribution in [1.29, 1.82) is 5.26 Å². The van der Waals surface area contributed by atoms with E-state index in [9.17, 15) is 4.39 Å². The maximum absolute atomic E-state index is 12.5. The molecule has 1 aliphatic carbocycles. The molecule has 0 unspecified atom stereocenters. The van der Waals surface area contributed by atoms with Gasteiger partial charge in [0.25, 0.3) is 0 Å². The number of nitriles is 1. The van der Waals surface area contributed by atoms with Gasteiger partial charge in [-0.2, -0.15) is 5.26 Å². The van der Waals surface area contributed by atoms with Gasteiger partial charge in [-0.1, -0.05) is 0 Å². The van der Waals surface area contributed by atoms with Crippen LogP contribution in [0.2, 0.25) is 0 Å². The highest BCUT2D eigenvalue weighted by molar-refractivity contribution is 5.33. The van der Waals surface area contributed by atoms with Crippen molar-refractivity contribution in [1.82, 2.24) is 4.98 Å². The summed E-state index contributed by atoms with van der Waals surface area (Å²) < 4.78 is 12.5. The quantitative estimate of drug-likeness (QED) is 0.631. The van der Waals surface area contributed by atoms with E-state index in [0.717, 1.165) is 19.0 Å². The molecule has 0 radical (unpaired) electrons. The smallest absolute Gasteiger partial charge is 0.141 e. The Hall–Kier alpha value is -1.43. The van der Waals surface area contributed by atoms with Crippen molar-refractivity contribution in [2.45, 2.75) is 18.3 Å². The molecule has 1 aromatic heterocycles. The van der Waals surface area contributed by atoms with E-state index < -0.39 is 5.41 Å². The van der Waals surface area contributed by atoms with Gasteiger partial charge in [0.2, 0.25) is 0 Å². The molecule has 3 heteroatoms. The SMILES string of the molecule is N#CC1(c2ccc(F)cn2)CC1. The maximum atomic E-state index is 12.5. The van der Waals surface area contributed by atoms with E-state index in [0.29, 0.717) is 5.69 Å². The second-order valence-electron chi connectivity index (χ2n) is 3.06. The number of halogens is 1. The van der Waals surface area contributed by atoms with Crippen LogP contribution in [0.5, 0.6) is 0 Å². The lowest BCUT2D eigenvalue weighted by Crippen LogP contribution is -2.04. The molecule has 0 N–H and O–H groups in total. The van der Waals surface area contributed by atoms with Crippen LogP contribution in [0.25, 0.3) is 0 Å². The lowest BCUT2D eigenvalue weighted by atomic mass is 10.0. The number of nitrogens with zero attached hydrogens (tertiary/aromatic N) is 2. The Bertz CT molecular complexity index is 333. The lowest BCUT2D eigenvalue weighted by molar-refractivity contribution is 0.617. The van der Waals surface area contributed by atoms with Gasteiger partial charge in [-0.15, -0.1) is 0 Å². The fourth-order valence-electron chi connectivity index (χ4n) is 1.21. The molecule has 0 saturated heterocycles. The molecule has 60 valence electrons. The van der Waals surface area contributed by atoms with E-state index in [-0.39, 0.29) is 5.82 Å². The molecule has 12 heavy (non-hydrogen) atoms. The van der Waals surface area contributed by atoms with Crippen molar-refractivity contribution >= 4 is 0 Å². The van der Waals surface area contributed by atoms with Crippen LogP contribution in [0, 0.1) is 17.1 Å². The zero-order valence-electron chi connectivity index (χ0n) is 6.42. The largest absolute Gasteiger partial charge is 0.257 e. The van der Waals surface area contributed by atoms with E-state index >= 15 is 0 Å². The first-order chi connectivity index (χ1) is 5.77. The van der Waals surface area contributed by atoms with Gasteiger partial charge in [-0.05, 0) is 25.0 Å². The van der Waals surface area contributed by atoms with E-state index in [2.05, 4.69) is 11.1 Å². The van der Waals surface area contributed by atoms with Gasteiger partial charge in [0.05, 0.1) is 23.4 Å². The van der Waals surface area contributed by atoms with Crippen molar-refractivity contribution < 1.29 is 4.39 Å². The van der Waals surface area contributed by atoms with Crippen LogP contribution >= 0.6 is 0 Å². The van der Waals surface area contributed by atoms with Crippen LogP contribution in [0.15, 0.2) is 18.3 Å². The van der Waals surface area contributed by atoms with Gasteiger partial charge >= 0.3 is 0 Å². The summed E-state index contributed by atoms with van der Waals surface area (Å²) in [6, 6.07) is 5.14. The monoisotopic (exact) mass is 162 g/mol. The average Bonchev–Trinajstić information content (AvgIpc) is 2.86. The summed E-state index contributed by atoms with van der Waals surface area (Å²) in [5, 5.41) is 8.80. The molecule has 0 aromatic carbocycles. The summed E-state index contributed by atoms with van der Waals surface area (Å²) in [5.41, 5.74) is 0.305. The summed E-state index contributed by atoms with van der Waals surface area (Å²) in [6.45, 7) is 0. The summed E-state index contributed by atoms with van der Waals surface area (Å²) >= 11 is 0. The Morgan fingerprint density at radius 1 is 1.50 bits per heavy atom. The molecular weight excluding hydrogens is 155 g/mol. The minimum atomic E-state index is -0.395. The molecule has 2 nitrogen and oxygen atoms in total. The molecule has 1 fully saturated rings. The number of rotatable bonds is 1. The summed E-state index contributed by atoms with van der Waals surface area (Å²) in [5.74, 6) is -0.354. The van der Waals surface area contributed by atoms with E-state index in [1.807, 2.05) is 0 Å². The number of hydrogen-bond acceptors (Lipinski definition) is 2. The van der Waals surface area contributed by atoms with Crippen LogP contribution in [0.1, 0.15) is 18.5 Å². The Morgan fingerprint density at radius 2 is 2.25 bits per heavy atom. The molecule has 1 heterocycles. The highest BCUT2D eigenvalue weighted by Gasteiger charge is 2.46. The molecule has 1 saturated carbocycles. The molecule has 0 spiro atoms. The van der Waals surface area contributed by atoms with Crippen molar-refractivity contribution in [3.05, 3.63) is 29.8 Å². The van der Waals surface area contributed by atoms with E-state index in [4.69, 9.17) is 5.26 Å². The minimum absolute atomic E-state index is 0.354. The Morgan fingerprint density at radius 3 is 2.67 bits per heavy atom. The fraction of sp³-hybridized carbons (Fsp3) is 0.333. The lowest BCUT2D eigenvalue weighted by Gasteiger charge is -2.02. The average molecular weight is 162 g/mol. The first-order valence-electron chi connectivity index (χ1n) is 3.80. The van der Waals surface area contributed by atoms with Crippen LogP contribution in [-0.4, -0.2) is 4.98 Å². The zero-order chi connectivity index (χ0) is 8.60. The van der Waals surface area contributed by atoms with Crippen LogP contribution in [0.4, 0.5) is 4.39 Å². The van der Waals surface area contributed by atoms with Gasteiger partial charge in [0, 0.05) is 0 Å². The van der Waals surface area contributed by atoms with E-state index in [1.54, 1.807) is 6.07 Å². The zero-order valence-corrected chi connectivity index (χ0v) is 6.42. The molecule has 0 bridgehead atoms. The van der Waals surface area contributed by atoms with Crippen molar-refractivity contribution in [2.24, 2.45) is 0 Å². The third-order valence-corrected chi connectivity index (χ3v) is 2.18. The second-order valence-corrected chi connectivity index (χ2v) is 3.06. The van der Waals surface area contributed by atoms with Crippen LogP contribution in [-0.2, 0) is 5.41 Å². The second kappa shape index (κ2) is 2.28. The predicted molar refractivity (Wildman–Crippen MR) is 40.7 cm³/mol. The maximum Gasteiger partial charge on any atom is 0.141 e. The van der Waals surface area contributed by atoms with Gasteiger partial charge < -0.3 is 0 Å². The van der Waals surface area contributed by atoms with Gasteiger partial charge in [-0.25, -0.2) is 4.39 Å². The van der Waals surface area contributed by atoms with E-state index in [1.165, 1.54) is 6.07 Å². The topological polar surface area (TPSA) is 36.7 Å². The Kier molecular flexibility index (Phi) is 1.37. The van der Waals surface area contributed by atoms with Crippen LogP contribution < -0.4 is 0 Å². The standard InChI is InChI=1S/C9H7FN2/c10-7-1-2-8(12-5-7)9(6-11)3-4-9/h1-2,5H,3-4H2. The number of pyridine rings is 1. The molecular formula is C9H7FN2. The van der Waals surface area contributed by atoms with Crippen molar-refractivity contribution in [3.8, 4) is 6.07 Å². The Balaban J connectivity index is 2.37. The van der Waals surface area contributed by atoms with Crippen LogP contribution in [0.3, 0.4) is 0 Å². The Labute approximate surface area is 69.7 Å². The third kappa shape index (κ3) is 0.964. The first kappa shape index (κ1) is 7.23. The molecule has 1 aliphatic rings. The summed E-state index contributed by atoms with van der Waals surface area (Å²) in [6.07, 6.45) is 2.86.